The third-order valence-electron chi connectivity index (χ3n) is 3.70. The Kier molecular flexibility index (Phi) is 6.73. The van der Waals surface area contributed by atoms with Crippen molar-refractivity contribution in [2.45, 2.75) is 23.8 Å². The van der Waals surface area contributed by atoms with Crippen molar-refractivity contribution in [3.05, 3.63) is 30.3 Å². The molecule has 0 radical (unpaired) electrons. The largest absolute Gasteiger partial charge is 0.467 e. The summed E-state index contributed by atoms with van der Waals surface area (Å²) in [6.07, 6.45) is 0.906. The number of carbonyl (C=O) groups excluding carboxylic acids is 2. The van der Waals surface area contributed by atoms with Crippen LogP contribution in [-0.2, 0) is 29.9 Å². The molecule has 0 spiro atoms. The Morgan fingerprint density at radius 3 is 2.74 bits per heavy atom. The molecule has 1 heterocycles. The van der Waals surface area contributed by atoms with Gasteiger partial charge in [-0.15, -0.1) is 0 Å². The summed E-state index contributed by atoms with van der Waals surface area (Å²) >= 11 is 0. The minimum absolute atomic E-state index is 0.219. The van der Waals surface area contributed by atoms with Gasteiger partial charge in [0.1, 0.15) is 6.04 Å². The van der Waals surface area contributed by atoms with Crippen molar-refractivity contribution in [2.24, 2.45) is 5.92 Å². The summed E-state index contributed by atoms with van der Waals surface area (Å²) in [6.45, 7) is 0.925. The smallest absolute Gasteiger partial charge is 0.328 e. The summed E-state index contributed by atoms with van der Waals surface area (Å²) in [7, 11) is 0.0491. The molecular formula is C16H21NO5S. The van der Waals surface area contributed by atoms with E-state index in [4.69, 9.17) is 9.47 Å². The normalized spacial score (nSPS) is 19.8. The monoisotopic (exact) mass is 339 g/mol. The first-order chi connectivity index (χ1) is 11.1. The fourth-order valence-electron chi connectivity index (χ4n) is 2.34. The topological polar surface area (TPSA) is 81.7 Å². The van der Waals surface area contributed by atoms with Crippen LogP contribution in [0.4, 0.5) is 0 Å². The van der Waals surface area contributed by atoms with E-state index in [1.165, 1.54) is 7.11 Å². The number of hydrogen-bond donors (Lipinski definition) is 1. The lowest BCUT2D eigenvalue weighted by atomic mass is 10.1. The first-order valence-corrected chi connectivity index (χ1v) is 8.83. The second-order valence-corrected chi connectivity index (χ2v) is 6.87. The Bertz CT molecular complexity index is 557. The molecule has 6 nitrogen and oxygen atoms in total. The van der Waals surface area contributed by atoms with Gasteiger partial charge < -0.3 is 14.8 Å². The Balaban J connectivity index is 1.91. The standard InChI is InChI=1S/C16H21NO5S/c1-21-16(19)14(17-15(18)12-7-9-22-11-12)8-10-23(20)13-5-3-2-4-6-13/h2-6,12,14H,7-11H2,1H3,(H,17,18)/t12-,14+,23-/m0/s1. The molecule has 1 amide bonds. The first-order valence-electron chi connectivity index (χ1n) is 7.51. The quantitative estimate of drug-likeness (QED) is 0.746. The number of nitrogens with one attached hydrogen (secondary N) is 1. The predicted molar refractivity (Wildman–Crippen MR) is 85.2 cm³/mol. The van der Waals surface area contributed by atoms with Crippen molar-refractivity contribution < 1.29 is 23.3 Å². The van der Waals surface area contributed by atoms with E-state index in [0.29, 0.717) is 24.5 Å². The van der Waals surface area contributed by atoms with Crippen LogP contribution in [0.2, 0.25) is 0 Å². The third kappa shape index (κ3) is 5.14. The van der Waals surface area contributed by atoms with Gasteiger partial charge in [0.25, 0.3) is 0 Å². The maximum atomic E-state index is 12.2. The van der Waals surface area contributed by atoms with E-state index < -0.39 is 22.8 Å². The second-order valence-electron chi connectivity index (χ2n) is 5.30. The van der Waals surface area contributed by atoms with Gasteiger partial charge in [0, 0.05) is 17.3 Å². The number of benzene rings is 1. The molecule has 1 aromatic rings. The minimum Gasteiger partial charge on any atom is -0.467 e. The number of rotatable bonds is 7. The number of ether oxygens (including phenoxy) is 2. The fourth-order valence-corrected chi connectivity index (χ4v) is 3.48. The van der Waals surface area contributed by atoms with E-state index in [-0.39, 0.29) is 24.0 Å². The molecule has 2 rings (SSSR count). The third-order valence-corrected chi connectivity index (χ3v) is 5.11. The van der Waals surface area contributed by atoms with Crippen molar-refractivity contribution in [1.82, 2.24) is 5.32 Å². The van der Waals surface area contributed by atoms with Crippen LogP contribution in [0.3, 0.4) is 0 Å². The maximum Gasteiger partial charge on any atom is 0.328 e. The SMILES string of the molecule is COC(=O)[C@@H](CC[S@](=O)c1ccccc1)NC(=O)[C@H]1CCOC1. The van der Waals surface area contributed by atoms with Gasteiger partial charge >= 0.3 is 5.97 Å². The van der Waals surface area contributed by atoms with Crippen LogP contribution in [0.15, 0.2) is 35.2 Å². The van der Waals surface area contributed by atoms with Crippen LogP contribution in [0.25, 0.3) is 0 Å². The van der Waals surface area contributed by atoms with Gasteiger partial charge in [-0.1, -0.05) is 18.2 Å². The van der Waals surface area contributed by atoms with E-state index in [1.807, 2.05) is 18.2 Å². The van der Waals surface area contributed by atoms with Crippen LogP contribution < -0.4 is 5.32 Å². The summed E-state index contributed by atoms with van der Waals surface area (Å²) < 4.78 is 22.1. The Morgan fingerprint density at radius 2 is 2.13 bits per heavy atom. The van der Waals surface area contributed by atoms with Gasteiger partial charge in [-0.05, 0) is 25.0 Å². The van der Waals surface area contributed by atoms with E-state index in [0.717, 1.165) is 0 Å². The van der Waals surface area contributed by atoms with Crippen molar-refractivity contribution in [3.63, 3.8) is 0 Å². The first kappa shape index (κ1) is 17.6. The lowest BCUT2D eigenvalue weighted by molar-refractivity contribution is -0.145. The highest BCUT2D eigenvalue weighted by molar-refractivity contribution is 7.85. The molecule has 1 aliphatic heterocycles. The molecule has 0 unspecified atom stereocenters. The molecule has 0 bridgehead atoms. The molecule has 0 aliphatic carbocycles. The lowest BCUT2D eigenvalue weighted by Crippen LogP contribution is -2.45. The average Bonchev–Trinajstić information content (AvgIpc) is 3.13. The van der Waals surface area contributed by atoms with Crippen molar-refractivity contribution in [2.75, 3.05) is 26.1 Å². The van der Waals surface area contributed by atoms with Crippen molar-refractivity contribution in [1.29, 1.82) is 0 Å². The zero-order valence-electron chi connectivity index (χ0n) is 13.0. The zero-order valence-corrected chi connectivity index (χ0v) is 13.8. The van der Waals surface area contributed by atoms with Gasteiger partial charge in [-0.25, -0.2) is 4.79 Å². The van der Waals surface area contributed by atoms with Crippen LogP contribution in [0, 0.1) is 5.92 Å². The van der Waals surface area contributed by atoms with E-state index in [1.54, 1.807) is 12.1 Å². The van der Waals surface area contributed by atoms with Gasteiger partial charge in [-0.2, -0.15) is 0 Å². The number of amides is 1. The van der Waals surface area contributed by atoms with E-state index in [2.05, 4.69) is 5.32 Å². The van der Waals surface area contributed by atoms with Crippen molar-refractivity contribution >= 4 is 22.7 Å². The molecule has 1 fully saturated rings. The average molecular weight is 339 g/mol. The van der Waals surface area contributed by atoms with E-state index in [9.17, 15) is 13.8 Å². The Hall–Kier alpha value is -1.73. The highest BCUT2D eigenvalue weighted by Crippen LogP contribution is 2.13. The highest BCUT2D eigenvalue weighted by atomic mass is 32.2. The number of carbonyl (C=O) groups is 2. The van der Waals surface area contributed by atoms with Crippen molar-refractivity contribution in [3.8, 4) is 0 Å². The Labute approximate surface area is 138 Å². The summed E-state index contributed by atoms with van der Waals surface area (Å²) in [5.74, 6) is -0.710. The van der Waals surface area contributed by atoms with E-state index >= 15 is 0 Å². The van der Waals surface area contributed by atoms with Crippen LogP contribution in [-0.4, -0.2) is 48.2 Å². The number of hydrogen-bond acceptors (Lipinski definition) is 5. The van der Waals surface area contributed by atoms with Crippen LogP contribution >= 0.6 is 0 Å². The molecule has 0 saturated carbocycles. The van der Waals surface area contributed by atoms with Gasteiger partial charge in [0.05, 0.1) is 30.4 Å². The maximum absolute atomic E-state index is 12.2. The molecule has 0 aromatic heterocycles. The lowest BCUT2D eigenvalue weighted by Gasteiger charge is -2.18. The summed E-state index contributed by atoms with van der Waals surface area (Å²) in [4.78, 5) is 24.7. The molecule has 1 N–H and O–H groups in total. The summed E-state index contributed by atoms with van der Waals surface area (Å²) in [5.41, 5.74) is 0. The van der Waals surface area contributed by atoms with Crippen LogP contribution in [0.5, 0.6) is 0 Å². The number of esters is 1. The van der Waals surface area contributed by atoms with Gasteiger partial charge in [0.2, 0.25) is 5.91 Å². The molecule has 1 saturated heterocycles. The molecule has 1 aliphatic rings. The summed E-state index contributed by atoms with van der Waals surface area (Å²) in [6, 6.07) is 8.23. The molecule has 1 aromatic carbocycles. The highest BCUT2D eigenvalue weighted by Gasteiger charge is 2.28. The molecule has 126 valence electrons. The van der Waals surface area contributed by atoms with Crippen LogP contribution in [0.1, 0.15) is 12.8 Å². The Morgan fingerprint density at radius 1 is 1.39 bits per heavy atom. The summed E-state index contributed by atoms with van der Waals surface area (Å²) in [5, 5.41) is 2.69. The van der Waals surface area contributed by atoms with Gasteiger partial charge in [-0.3, -0.25) is 9.00 Å². The molecule has 23 heavy (non-hydrogen) atoms. The fraction of sp³-hybridized carbons (Fsp3) is 0.500. The molecule has 7 heteroatoms. The van der Waals surface area contributed by atoms with Gasteiger partial charge in [0.15, 0.2) is 0 Å². The molecule has 3 atom stereocenters. The number of methoxy groups -OCH3 is 1. The molecular weight excluding hydrogens is 318 g/mol. The zero-order chi connectivity index (χ0) is 16.7. The second kappa shape index (κ2) is 8.79. The predicted octanol–water partition coefficient (Wildman–Crippen LogP) is 0.879. The minimum atomic E-state index is -1.22.